The normalized spacial score (nSPS) is 10.6. The van der Waals surface area contributed by atoms with Crippen molar-refractivity contribution in [2.24, 2.45) is 0 Å². The van der Waals surface area contributed by atoms with Gasteiger partial charge in [0.1, 0.15) is 5.75 Å². The summed E-state index contributed by atoms with van der Waals surface area (Å²) in [6.07, 6.45) is 4.06. The van der Waals surface area contributed by atoms with Crippen LogP contribution in [0.2, 0.25) is 0 Å². The lowest BCUT2D eigenvalue weighted by Crippen LogP contribution is -2.03. The van der Waals surface area contributed by atoms with Crippen molar-refractivity contribution < 1.29 is 9.53 Å². The van der Waals surface area contributed by atoms with Gasteiger partial charge >= 0.3 is 0 Å². The average Bonchev–Trinajstić information content (AvgIpc) is 2.45. The van der Waals surface area contributed by atoms with Crippen LogP contribution in [0.25, 0.3) is 12.2 Å². The van der Waals surface area contributed by atoms with E-state index in [0.717, 1.165) is 11.1 Å². The number of benzene rings is 2. The molecule has 0 saturated carbocycles. The molecule has 3 heteroatoms. The van der Waals surface area contributed by atoms with Crippen LogP contribution in [0.4, 0.5) is 0 Å². The van der Waals surface area contributed by atoms with E-state index in [4.69, 9.17) is 16.3 Å². The highest BCUT2D eigenvalue weighted by Crippen LogP contribution is 2.14. The van der Waals surface area contributed by atoms with Crippen LogP contribution < -0.4 is 4.74 Å². The highest BCUT2D eigenvalue weighted by molar-refractivity contribution is 6.63. The zero-order valence-corrected chi connectivity index (χ0v) is 11.0. The predicted molar refractivity (Wildman–Crippen MR) is 78.2 cm³/mol. The fraction of sp³-hybridized carbons (Fsp3) is 0.0625. The van der Waals surface area contributed by atoms with E-state index in [0.29, 0.717) is 5.75 Å². The molecule has 0 bridgehead atoms. The summed E-state index contributed by atoms with van der Waals surface area (Å²) in [5, 5.41) is -0.506. The predicted octanol–water partition coefficient (Wildman–Crippen LogP) is 4.00. The summed E-state index contributed by atoms with van der Waals surface area (Å²) in [5.41, 5.74) is 2.21. The molecule has 0 spiro atoms. The highest BCUT2D eigenvalue weighted by Gasteiger charge is 1.97. The minimum absolute atomic E-state index is 0.110. The Balaban J connectivity index is 1.99. The quantitative estimate of drug-likeness (QED) is 0.607. The number of hydrogen-bond acceptors (Lipinski definition) is 2. The van der Waals surface area contributed by atoms with Gasteiger partial charge in [0, 0.05) is 0 Å². The van der Waals surface area contributed by atoms with Gasteiger partial charge in [0.2, 0.25) is 0 Å². The second-order valence-electron chi connectivity index (χ2n) is 3.96. The van der Waals surface area contributed by atoms with Gasteiger partial charge in [0.15, 0.2) is 6.61 Å². The Hall–Kier alpha value is -2.06. The highest BCUT2D eigenvalue weighted by atomic mass is 35.5. The van der Waals surface area contributed by atoms with E-state index in [1.165, 1.54) is 0 Å². The largest absolute Gasteiger partial charge is 0.484 e. The number of ether oxygens (including phenoxy) is 1. The Morgan fingerprint density at radius 2 is 1.53 bits per heavy atom. The minimum atomic E-state index is -0.506. The molecule has 0 aromatic heterocycles. The first-order valence-corrected chi connectivity index (χ1v) is 6.26. The lowest BCUT2D eigenvalue weighted by Gasteiger charge is -2.02. The number of halogens is 1. The molecule has 2 aromatic rings. The van der Waals surface area contributed by atoms with E-state index >= 15 is 0 Å². The molecule has 0 unspecified atom stereocenters. The van der Waals surface area contributed by atoms with Crippen LogP contribution in [0.15, 0.2) is 54.6 Å². The number of hydrogen-bond donors (Lipinski definition) is 0. The molecular weight excluding hydrogens is 260 g/mol. The van der Waals surface area contributed by atoms with Crippen molar-refractivity contribution in [2.45, 2.75) is 0 Å². The molecule has 0 atom stereocenters. The zero-order chi connectivity index (χ0) is 13.5. The van der Waals surface area contributed by atoms with Gasteiger partial charge in [-0.1, -0.05) is 54.6 Å². The topological polar surface area (TPSA) is 26.3 Å². The maximum Gasteiger partial charge on any atom is 0.259 e. The van der Waals surface area contributed by atoms with E-state index < -0.39 is 5.24 Å². The first-order chi connectivity index (χ1) is 9.24. The fourth-order valence-electron chi connectivity index (χ4n) is 1.57. The summed E-state index contributed by atoms with van der Waals surface area (Å²) in [4.78, 5) is 10.6. The van der Waals surface area contributed by atoms with Gasteiger partial charge in [-0.25, -0.2) is 0 Å². The molecule has 0 N–H and O–H groups in total. The molecule has 19 heavy (non-hydrogen) atoms. The van der Waals surface area contributed by atoms with Gasteiger partial charge in [-0.05, 0) is 34.9 Å². The van der Waals surface area contributed by atoms with Crippen LogP contribution in [-0.2, 0) is 4.79 Å². The lowest BCUT2D eigenvalue weighted by molar-refractivity contribution is -0.113. The first kappa shape index (κ1) is 13.4. The van der Waals surface area contributed by atoms with Crippen LogP contribution in [0.1, 0.15) is 11.1 Å². The molecule has 96 valence electrons. The van der Waals surface area contributed by atoms with Crippen LogP contribution >= 0.6 is 11.6 Å². The summed E-state index contributed by atoms with van der Waals surface area (Å²) in [6, 6.07) is 17.5. The summed E-state index contributed by atoms with van der Waals surface area (Å²) >= 11 is 5.20. The van der Waals surface area contributed by atoms with Gasteiger partial charge in [-0.3, -0.25) is 4.79 Å². The van der Waals surface area contributed by atoms with E-state index in [-0.39, 0.29) is 6.61 Å². The molecule has 0 heterocycles. The molecule has 2 aromatic carbocycles. The van der Waals surface area contributed by atoms with E-state index in [9.17, 15) is 4.79 Å². The minimum Gasteiger partial charge on any atom is -0.484 e. The molecule has 2 rings (SSSR count). The first-order valence-electron chi connectivity index (χ1n) is 5.88. The van der Waals surface area contributed by atoms with Gasteiger partial charge in [-0.2, -0.15) is 0 Å². The third kappa shape index (κ3) is 4.60. The van der Waals surface area contributed by atoms with Gasteiger partial charge in [0.05, 0.1) is 0 Å². The SMILES string of the molecule is O=C(Cl)COc1ccc(/C=C/c2ccccc2)cc1. The molecule has 0 amide bonds. The third-order valence-electron chi connectivity index (χ3n) is 2.50. The second kappa shape index (κ2) is 6.76. The van der Waals surface area contributed by atoms with Crippen LogP contribution in [0, 0.1) is 0 Å². The molecule has 0 aliphatic heterocycles. The molecule has 2 nitrogen and oxygen atoms in total. The summed E-state index contributed by atoms with van der Waals surface area (Å²) in [5.74, 6) is 0.630. The Labute approximate surface area is 117 Å². The van der Waals surface area contributed by atoms with E-state index in [2.05, 4.69) is 0 Å². The van der Waals surface area contributed by atoms with Crippen molar-refractivity contribution in [3.8, 4) is 5.75 Å². The van der Waals surface area contributed by atoms with E-state index in [1.54, 1.807) is 0 Å². The summed E-state index contributed by atoms with van der Waals surface area (Å²) in [6.45, 7) is -0.110. The molecule has 0 radical (unpaired) electrons. The summed E-state index contributed by atoms with van der Waals surface area (Å²) in [7, 11) is 0. The summed E-state index contributed by atoms with van der Waals surface area (Å²) < 4.78 is 5.18. The van der Waals surface area contributed by atoms with Crippen molar-refractivity contribution in [3.63, 3.8) is 0 Å². The van der Waals surface area contributed by atoms with Crippen molar-refractivity contribution >= 4 is 29.0 Å². The molecule has 0 aliphatic rings. The maximum atomic E-state index is 10.6. The van der Waals surface area contributed by atoms with Crippen molar-refractivity contribution in [2.75, 3.05) is 6.61 Å². The number of carbonyl (C=O) groups is 1. The molecule has 0 fully saturated rings. The Bertz CT molecular complexity index is 559. The number of carbonyl (C=O) groups excluding carboxylic acids is 1. The van der Waals surface area contributed by atoms with Gasteiger partial charge < -0.3 is 4.74 Å². The number of rotatable bonds is 5. The van der Waals surface area contributed by atoms with Crippen LogP contribution in [0.3, 0.4) is 0 Å². The lowest BCUT2D eigenvalue weighted by atomic mass is 10.1. The van der Waals surface area contributed by atoms with Gasteiger partial charge in [-0.15, -0.1) is 0 Å². The van der Waals surface area contributed by atoms with Crippen LogP contribution in [-0.4, -0.2) is 11.8 Å². The molecule has 0 aliphatic carbocycles. The second-order valence-corrected chi connectivity index (χ2v) is 4.38. The van der Waals surface area contributed by atoms with Crippen LogP contribution in [0.5, 0.6) is 5.75 Å². The van der Waals surface area contributed by atoms with Gasteiger partial charge in [0.25, 0.3) is 5.24 Å². The van der Waals surface area contributed by atoms with Crippen molar-refractivity contribution in [1.82, 2.24) is 0 Å². The smallest absolute Gasteiger partial charge is 0.259 e. The maximum absolute atomic E-state index is 10.6. The third-order valence-corrected chi connectivity index (χ3v) is 2.61. The zero-order valence-electron chi connectivity index (χ0n) is 10.3. The van der Waals surface area contributed by atoms with Crippen molar-refractivity contribution in [3.05, 3.63) is 65.7 Å². The van der Waals surface area contributed by atoms with Crippen molar-refractivity contribution in [1.29, 1.82) is 0 Å². The molecular formula is C16H13ClO2. The Morgan fingerprint density at radius 1 is 0.947 bits per heavy atom. The Morgan fingerprint density at radius 3 is 2.11 bits per heavy atom. The molecule has 0 saturated heterocycles. The average molecular weight is 273 g/mol. The fourth-order valence-corrected chi connectivity index (χ4v) is 1.63. The Kier molecular flexibility index (Phi) is 4.76. The van der Waals surface area contributed by atoms with E-state index in [1.807, 2.05) is 66.7 Å². The monoisotopic (exact) mass is 272 g/mol. The standard InChI is InChI=1S/C16H13ClO2/c17-16(18)12-19-15-10-8-14(9-11-15)7-6-13-4-2-1-3-5-13/h1-11H,12H2/b7-6+.